The van der Waals surface area contributed by atoms with E-state index < -0.39 is 0 Å². The monoisotopic (exact) mass is 390 g/mol. The van der Waals surface area contributed by atoms with Crippen LogP contribution >= 0.6 is 0 Å². The fourth-order valence-electron chi connectivity index (χ4n) is 3.42. The molecule has 8 nitrogen and oxygen atoms in total. The van der Waals surface area contributed by atoms with Crippen molar-refractivity contribution in [1.82, 2.24) is 25.1 Å². The van der Waals surface area contributed by atoms with Gasteiger partial charge in [0.15, 0.2) is 0 Å². The van der Waals surface area contributed by atoms with Crippen molar-refractivity contribution in [2.24, 2.45) is 0 Å². The number of amides is 1. The lowest BCUT2D eigenvalue weighted by Gasteiger charge is -2.36. The maximum Gasteiger partial charge on any atom is 0.266 e. The van der Waals surface area contributed by atoms with Gasteiger partial charge < -0.3 is 9.80 Å². The van der Waals surface area contributed by atoms with Crippen molar-refractivity contribution in [3.05, 3.63) is 70.5 Å². The molecule has 0 aliphatic carbocycles. The molecule has 29 heavy (non-hydrogen) atoms. The van der Waals surface area contributed by atoms with Crippen LogP contribution in [0.1, 0.15) is 23.1 Å². The first kappa shape index (κ1) is 18.8. The molecule has 1 aliphatic rings. The maximum atomic E-state index is 12.7. The van der Waals surface area contributed by atoms with Gasteiger partial charge in [0.25, 0.3) is 11.5 Å². The Morgan fingerprint density at radius 3 is 2.41 bits per heavy atom. The molecule has 0 bridgehead atoms. The number of aromatic amines is 1. The van der Waals surface area contributed by atoms with Gasteiger partial charge in [-0.2, -0.15) is 5.10 Å². The SMILES string of the molecule is CCc1ncc(C(=O)N2CCN(c3cc(=O)[nH]nc3-c3ccccc3)CC2)cn1. The first-order valence-corrected chi connectivity index (χ1v) is 9.66. The second kappa shape index (κ2) is 8.22. The smallest absolute Gasteiger partial charge is 0.266 e. The lowest BCUT2D eigenvalue weighted by atomic mass is 10.1. The second-order valence-corrected chi connectivity index (χ2v) is 6.85. The van der Waals surface area contributed by atoms with Crippen LogP contribution in [-0.4, -0.2) is 57.2 Å². The summed E-state index contributed by atoms with van der Waals surface area (Å²) in [6.07, 6.45) is 3.92. The van der Waals surface area contributed by atoms with Crippen molar-refractivity contribution in [1.29, 1.82) is 0 Å². The molecule has 1 fully saturated rings. The molecule has 0 radical (unpaired) electrons. The van der Waals surface area contributed by atoms with Gasteiger partial charge >= 0.3 is 0 Å². The number of aromatic nitrogens is 4. The molecular formula is C21H22N6O2. The summed E-state index contributed by atoms with van der Waals surface area (Å²) < 4.78 is 0. The molecule has 148 valence electrons. The van der Waals surface area contributed by atoms with Gasteiger partial charge in [0.2, 0.25) is 0 Å². The minimum atomic E-state index is -0.244. The Hall–Kier alpha value is -3.55. The van der Waals surface area contributed by atoms with Crippen LogP contribution in [-0.2, 0) is 6.42 Å². The van der Waals surface area contributed by atoms with Crippen molar-refractivity contribution in [2.45, 2.75) is 13.3 Å². The molecule has 1 N–H and O–H groups in total. The number of nitrogens with zero attached hydrogens (tertiary/aromatic N) is 5. The van der Waals surface area contributed by atoms with E-state index in [0.29, 0.717) is 31.7 Å². The van der Waals surface area contributed by atoms with Crippen LogP contribution in [0.25, 0.3) is 11.3 Å². The number of rotatable bonds is 4. The summed E-state index contributed by atoms with van der Waals surface area (Å²) in [6.45, 7) is 4.31. The Morgan fingerprint density at radius 2 is 1.76 bits per heavy atom. The topological polar surface area (TPSA) is 95.1 Å². The number of piperazine rings is 1. The first-order chi connectivity index (χ1) is 14.2. The van der Waals surface area contributed by atoms with E-state index in [0.717, 1.165) is 29.2 Å². The van der Waals surface area contributed by atoms with Crippen LogP contribution in [0, 0.1) is 0 Å². The van der Waals surface area contributed by atoms with Gasteiger partial charge in [0.1, 0.15) is 11.5 Å². The van der Waals surface area contributed by atoms with E-state index in [1.807, 2.05) is 37.3 Å². The Kier molecular flexibility index (Phi) is 5.33. The van der Waals surface area contributed by atoms with E-state index in [9.17, 15) is 9.59 Å². The minimum Gasteiger partial charge on any atom is -0.366 e. The second-order valence-electron chi connectivity index (χ2n) is 6.85. The standard InChI is InChI=1S/C21H22N6O2/c1-2-18-22-13-16(14-23-18)21(29)27-10-8-26(9-11-27)17-12-19(28)24-25-20(17)15-6-4-3-5-7-15/h3-7,12-14H,2,8-11H2,1H3,(H,24,28). The summed E-state index contributed by atoms with van der Waals surface area (Å²) in [5.41, 5.74) is 2.70. The zero-order valence-corrected chi connectivity index (χ0v) is 16.2. The molecule has 0 unspecified atom stereocenters. The zero-order valence-electron chi connectivity index (χ0n) is 16.2. The molecular weight excluding hydrogens is 368 g/mol. The fraction of sp³-hybridized carbons (Fsp3) is 0.286. The molecule has 4 rings (SSSR count). The van der Waals surface area contributed by atoms with Gasteiger partial charge in [-0.25, -0.2) is 15.1 Å². The number of benzene rings is 1. The van der Waals surface area contributed by atoms with Gasteiger partial charge in [-0.15, -0.1) is 0 Å². The summed E-state index contributed by atoms with van der Waals surface area (Å²) in [5.74, 6) is 0.654. The predicted octanol–water partition coefficient (Wildman–Crippen LogP) is 1.75. The third-order valence-electron chi connectivity index (χ3n) is 5.01. The third kappa shape index (κ3) is 4.01. The normalized spacial score (nSPS) is 14.1. The van der Waals surface area contributed by atoms with E-state index >= 15 is 0 Å². The number of aryl methyl sites for hydroxylation is 1. The Morgan fingerprint density at radius 1 is 1.07 bits per heavy atom. The maximum absolute atomic E-state index is 12.7. The molecule has 1 saturated heterocycles. The molecule has 1 aliphatic heterocycles. The summed E-state index contributed by atoms with van der Waals surface area (Å²) >= 11 is 0. The van der Waals surface area contributed by atoms with Crippen molar-refractivity contribution < 1.29 is 4.79 Å². The molecule has 3 aromatic rings. The molecule has 0 saturated carbocycles. The average Bonchev–Trinajstić information content (AvgIpc) is 2.79. The number of nitrogens with one attached hydrogen (secondary N) is 1. The van der Waals surface area contributed by atoms with Gasteiger partial charge in [-0.3, -0.25) is 9.59 Å². The minimum absolute atomic E-state index is 0.0698. The largest absolute Gasteiger partial charge is 0.366 e. The van der Waals surface area contributed by atoms with Crippen molar-refractivity contribution in [3.63, 3.8) is 0 Å². The predicted molar refractivity (Wildman–Crippen MR) is 110 cm³/mol. The van der Waals surface area contributed by atoms with Gasteiger partial charge in [-0.05, 0) is 0 Å². The molecule has 0 spiro atoms. The van der Waals surface area contributed by atoms with E-state index in [2.05, 4.69) is 25.1 Å². The van der Waals surface area contributed by atoms with Crippen LogP contribution < -0.4 is 10.5 Å². The summed E-state index contributed by atoms with van der Waals surface area (Å²) in [4.78, 5) is 37.0. The molecule has 8 heteroatoms. The quantitative estimate of drug-likeness (QED) is 0.729. The summed E-state index contributed by atoms with van der Waals surface area (Å²) in [5, 5.41) is 6.79. The van der Waals surface area contributed by atoms with Crippen molar-refractivity contribution in [3.8, 4) is 11.3 Å². The van der Waals surface area contributed by atoms with Crippen molar-refractivity contribution >= 4 is 11.6 Å². The number of carbonyl (C=O) groups is 1. The van der Waals surface area contributed by atoms with E-state index in [1.165, 1.54) is 0 Å². The number of hydrogen-bond donors (Lipinski definition) is 1. The van der Waals surface area contributed by atoms with Crippen LogP contribution in [0.3, 0.4) is 0 Å². The highest BCUT2D eigenvalue weighted by molar-refractivity contribution is 5.93. The average molecular weight is 390 g/mol. The number of anilines is 1. The summed E-state index contributed by atoms with van der Waals surface area (Å²) in [7, 11) is 0. The van der Waals surface area contributed by atoms with Gasteiger partial charge in [-0.1, -0.05) is 37.3 Å². The van der Waals surface area contributed by atoms with Gasteiger partial charge in [0.05, 0.1) is 11.3 Å². The summed E-state index contributed by atoms with van der Waals surface area (Å²) in [6, 6.07) is 11.3. The number of carbonyl (C=O) groups excluding carboxylic acids is 1. The highest BCUT2D eigenvalue weighted by Gasteiger charge is 2.25. The van der Waals surface area contributed by atoms with E-state index in [1.54, 1.807) is 23.4 Å². The zero-order chi connectivity index (χ0) is 20.2. The molecule has 0 atom stereocenters. The highest BCUT2D eigenvalue weighted by atomic mass is 16.2. The van der Waals surface area contributed by atoms with Crippen LogP contribution in [0.5, 0.6) is 0 Å². The molecule has 1 aromatic carbocycles. The van der Waals surface area contributed by atoms with Crippen LogP contribution in [0.15, 0.2) is 53.6 Å². The third-order valence-corrected chi connectivity index (χ3v) is 5.01. The van der Waals surface area contributed by atoms with Gasteiger partial charge in [0, 0.05) is 56.6 Å². The molecule has 3 heterocycles. The lowest BCUT2D eigenvalue weighted by molar-refractivity contribution is 0.0746. The molecule has 2 aromatic heterocycles. The Labute approximate surface area is 168 Å². The number of hydrogen-bond acceptors (Lipinski definition) is 6. The number of H-pyrrole nitrogens is 1. The Balaban J connectivity index is 1.50. The molecule has 1 amide bonds. The van der Waals surface area contributed by atoms with Crippen LogP contribution in [0.2, 0.25) is 0 Å². The fourth-order valence-corrected chi connectivity index (χ4v) is 3.42. The first-order valence-electron chi connectivity index (χ1n) is 9.66. The Bertz CT molecular complexity index is 1040. The van der Waals surface area contributed by atoms with Crippen LogP contribution in [0.4, 0.5) is 5.69 Å². The van der Waals surface area contributed by atoms with E-state index in [-0.39, 0.29) is 11.5 Å². The van der Waals surface area contributed by atoms with E-state index in [4.69, 9.17) is 0 Å². The lowest BCUT2D eigenvalue weighted by Crippen LogP contribution is -2.49. The highest BCUT2D eigenvalue weighted by Crippen LogP contribution is 2.27. The van der Waals surface area contributed by atoms with Crippen molar-refractivity contribution in [2.75, 3.05) is 31.1 Å².